The van der Waals surface area contributed by atoms with Gasteiger partial charge in [-0.15, -0.1) is 0 Å². The SMILES string of the molecule is COc1ccc2c3c1O[C@H]1C(OC)C(C)(C)CC4[C@@H](C2)N(CC2CC2)CC[C@@]341. The highest BCUT2D eigenvalue weighted by Crippen LogP contribution is 2.66. The number of hydrogen-bond donors (Lipinski definition) is 0. The van der Waals surface area contributed by atoms with Gasteiger partial charge in [-0.1, -0.05) is 19.9 Å². The van der Waals surface area contributed by atoms with Gasteiger partial charge in [0.05, 0.1) is 13.2 Å². The zero-order valence-corrected chi connectivity index (χ0v) is 17.7. The van der Waals surface area contributed by atoms with Crippen LogP contribution < -0.4 is 9.47 Å². The van der Waals surface area contributed by atoms with Crippen molar-refractivity contribution in [3.05, 3.63) is 23.3 Å². The molecule has 2 unspecified atom stereocenters. The van der Waals surface area contributed by atoms with Crippen LogP contribution in [0.5, 0.6) is 11.5 Å². The topological polar surface area (TPSA) is 30.9 Å². The van der Waals surface area contributed by atoms with Crippen LogP contribution in [0.15, 0.2) is 12.1 Å². The molecular formula is C24H33NO3. The van der Waals surface area contributed by atoms with Gasteiger partial charge < -0.3 is 14.2 Å². The average Bonchev–Trinajstić information content (AvgIpc) is 3.41. The van der Waals surface area contributed by atoms with Gasteiger partial charge in [0.2, 0.25) is 0 Å². The lowest BCUT2D eigenvalue weighted by atomic mass is 9.47. The molecule has 28 heavy (non-hydrogen) atoms. The number of ether oxygens (including phenoxy) is 3. The average molecular weight is 384 g/mol. The molecule has 1 spiro atoms. The molecule has 5 aliphatic rings. The van der Waals surface area contributed by atoms with E-state index in [1.807, 2.05) is 7.11 Å². The van der Waals surface area contributed by atoms with Gasteiger partial charge in [0, 0.05) is 30.7 Å². The zero-order chi connectivity index (χ0) is 19.3. The van der Waals surface area contributed by atoms with E-state index in [-0.39, 0.29) is 23.0 Å². The summed E-state index contributed by atoms with van der Waals surface area (Å²) in [5.74, 6) is 3.50. The predicted octanol–water partition coefficient (Wildman–Crippen LogP) is 3.80. The quantitative estimate of drug-likeness (QED) is 0.791. The summed E-state index contributed by atoms with van der Waals surface area (Å²) in [7, 11) is 3.64. The fourth-order valence-corrected chi connectivity index (χ4v) is 7.42. The fourth-order valence-electron chi connectivity index (χ4n) is 7.42. The van der Waals surface area contributed by atoms with Crippen LogP contribution >= 0.6 is 0 Å². The molecule has 152 valence electrons. The van der Waals surface area contributed by atoms with Crippen molar-refractivity contribution in [2.24, 2.45) is 17.3 Å². The summed E-state index contributed by atoms with van der Waals surface area (Å²) in [6, 6.07) is 5.08. The molecule has 1 aromatic rings. The van der Waals surface area contributed by atoms with E-state index < -0.39 is 0 Å². The van der Waals surface area contributed by atoms with Gasteiger partial charge in [-0.2, -0.15) is 0 Å². The molecule has 1 aromatic carbocycles. The Kier molecular flexibility index (Phi) is 3.56. The van der Waals surface area contributed by atoms with Crippen LogP contribution in [0.25, 0.3) is 0 Å². The second kappa shape index (κ2) is 5.66. The minimum Gasteiger partial charge on any atom is -0.493 e. The van der Waals surface area contributed by atoms with Gasteiger partial charge in [-0.25, -0.2) is 0 Å². The molecule has 4 heteroatoms. The zero-order valence-electron chi connectivity index (χ0n) is 17.7. The van der Waals surface area contributed by atoms with Crippen LogP contribution in [0.1, 0.15) is 50.7 Å². The summed E-state index contributed by atoms with van der Waals surface area (Å²) in [6.07, 6.45) is 6.64. The van der Waals surface area contributed by atoms with E-state index in [4.69, 9.17) is 14.2 Å². The Morgan fingerprint density at radius 2 is 2.04 bits per heavy atom. The number of benzene rings is 1. The molecule has 2 saturated carbocycles. The maximum atomic E-state index is 6.80. The largest absolute Gasteiger partial charge is 0.493 e. The third-order valence-corrected chi connectivity index (χ3v) is 8.72. The highest BCUT2D eigenvalue weighted by Gasteiger charge is 2.69. The normalized spacial score (nSPS) is 40.0. The number of hydrogen-bond acceptors (Lipinski definition) is 4. The van der Waals surface area contributed by atoms with E-state index in [1.54, 1.807) is 7.11 Å². The number of piperidine rings is 1. The van der Waals surface area contributed by atoms with Gasteiger partial charge in [0.25, 0.3) is 0 Å². The Morgan fingerprint density at radius 1 is 1.21 bits per heavy atom. The van der Waals surface area contributed by atoms with E-state index in [2.05, 4.69) is 30.9 Å². The summed E-state index contributed by atoms with van der Waals surface area (Å²) < 4.78 is 18.7. The molecule has 2 bridgehead atoms. The van der Waals surface area contributed by atoms with Crippen LogP contribution in [-0.4, -0.2) is 50.5 Å². The maximum absolute atomic E-state index is 6.80. The van der Waals surface area contributed by atoms with Gasteiger partial charge in [-0.05, 0) is 67.5 Å². The molecule has 0 amide bonds. The molecule has 4 nitrogen and oxygen atoms in total. The standard InChI is InChI=1S/C24H33NO3/c1-23(2)12-16-17-11-15-7-8-18(26-3)20-19(15)24(16,22(28-20)21(23)27-4)9-10-25(17)13-14-5-6-14/h7-8,14,16-17,21-22H,5-6,9-13H2,1-4H3/t16?,17-,21?,22+,24+/m1/s1. The van der Waals surface area contributed by atoms with Crippen LogP contribution in [0.4, 0.5) is 0 Å². The minimum absolute atomic E-state index is 0.0956. The number of nitrogens with zero attached hydrogens (tertiary/aromatic N) is 1. The van der Waals surface area contributed by atoms with E-state index >= 15 is 0 Å². The van der Waals surface area contributed by atoms with Crippen molar-refractivity contribution in [2.45, 2.75) is 69.6 Å². The molecule has 2 aliphatic heterocycles. The lowest BCUT2D eigenvalue weighted by Gasteiger charge is -2.62. The Morgan fingerprint density at radius 3 is 2.75 bits per heavy atom. The number of likely N-dealkylation sites (tertiary alicyclic amines) is 1. The Hall–Kier alpha value is -1.26. The van der Waals surface area contributed by atoms with Crippen molar-refractivity contribution in [3.8, 4) is 11.5 Å². The lowest BCUT2D eigenvalue weighted by Crippen LogP contribution is -2.70. The first kappa shape index (κ1) is 17.6. The highest BCUT2D eigenvalue weighted by molar-refractivity contribution is 5.61. The third-order valence-electron chi connectivity index (χ3n) is 8.72. The molecule has 6 rings (SSSR count). The van der Waals surface area contributed by atoms with E-state index in [0.717, 1.165) is 23.8 Å². The van der Waals surface area contributed by atoms with Crippen molar-refractivity contribution >= 4 is 0 Å². The van der Waals surface area contributed by atoms with Crippen molar-refractivity contribution in [1.82, 2.24) is 4.90 Å². The van der Waals surface area contributed by atoms with Crippen molar-refractivity contribution in [1.29, 1.82) is 0 Å². The molecule has 0 aromatic heterocycles. The van der Waals surface area contributed by atoms with Crippen LogP contribution in [-0.2, 0) is 16.6 Å². The smallest absolute Gasteiger partial charge is 0.165 e. The van der Waals surface area contributed by atoms with Crippen molar-refractivity contribution < 1.29 is 14.2 Å². The summed E-state index contributed by atoms with van der Waals surface area (Å²) in [5.41, 5.74) is 3.18. The molecule has 5 atom stereocenters. The van der Waals surface area contributed by atoms with Gasteiger partial charge in [-0.3, -0.25) is 4.90 Å². The number of methoxy groups -OCH3 is 2. The fraction of sp³-hybridized carbons (Fsp3) is 0.750. The molecule has 3 fully saturated rings. The lowest BCUT2D eigenvalue weighted by molar-refractivity contribution is -0.167. The van der Waals surface area contributed by atoms with Crippen molar-refractivity contribution in [2.75, 3.05) is 27.3 Å². The maximum Gasteiger partial charge on any atom is 0.165 e. The Labute approximate surface area is 168 Å². The summed E-state index contributed by atoms with van der Waals surface area (Å²) in [4.78, 5) is 2.85. The number of rotatable bonds is 4. The van der Waals surface area contributed by atoms with Crippen LogP contribution in [0, 0.1) is 17.3 Å². The summed E-state index contributed by atoms with van der Waals surface area (Å²) in [6.45, 7) is 7.27. The van der Waals surface area contributed by atoms with Gasteiger partial charge >= 0.3 is 0 Å². The monoisotopic (exact) mass is 383 g/mol. The highest BCUT2D eigenvalue weighted by atomic mass is 16.6. The van der Waals surface area contributed by atoms with E-state index in [9.17, 15) is 0 Å². The minimum atomic E-state index is 0.0956. The first-order chi connectivity index (χ1) is 13.5. The molecule has 0 radical (unpaired) electrons. The molecule has 3 aliphatic carbocycles. The second-order valence-corrected chi connectivity index (χ2v) is 10.6. The van der Waals surface area contributed by atoms with Crippen LogP contribution in [0.2, 0.25) is 0 Å². The third kappa shape index (κ3) is 2.09. The molecule has 0 N–H and O–H groups in total. The Bertz CT molecular complexity index is 816. The van der Waals surface area contributed by atoms with E-state index in [0.29, 0.717) is 12.0 Å². The Balaban J connectivity index is 1.53. The molecule has 2 heterocycles. The first-order valence-electron chi connectivity index (χ1n) is 11.1. The van der Waals surface area contributed by atoms with Gasteiger partial charge in [0.1, 0.15) is 6.10 Å². The van der Waals surface area contributed by atoms with Crippen LogP contribution in [0.3, 0.4) is 0 Å². The first-order valence-corrected chi connectivity index (χ1v) is 11.1. The second-order valence-electron chi connectivity index (χ2n) is 10.6. The molecular weight excluding hydrogens is 350 g/mol. The predicted molar refractivity (Wildman–Crippen MR) is 108 cm³/mol. The summed E-state index contributed by atoms with van der Waals surface area (Å²) in [5, 5.41) is 0. The molecule has 1 saturated heterocycles. The summed E-state index contributed by atoms with van der Waals surface area (Å²) >= 11 is 0. The van der Waals surface area contributed by atoms with E-state index in [1.165, 1.54) is 49.9 Å². The van der Waals surface area contributed by atoms with Gasteiger partial charge in [0.15, 0.2) is 11.5 Å². The van der Waals surface area contributed by atoms with Crippen molar-refractivity contribution in [3.63, 3.8) is 0 Å².